The summed E-state index contributed by atoms with van der Waals surface area (Å²) in [6, 6.07) is 20.4. The molecule has 21 heteroatoms. The molecule has 3 spiro atoms. The molecule has 3 saturated carbocycles. The van der Waals surface area contributed by atoms with Crippen molar-refractivity contribution in [2.75, 3.05) is 52.6 Å². The second-order valence-corrected chi connectivity index (χ2v) is 27.7. The Bertz CT molecular complexity index is 3100. The van der Waals surface area contributed by atoms with Crippen LogP contribution >= 0.6 is 0 Å². The van der Waals surface area contributed by atoms with Gasteiger partial charge in [-0.15, -0.1) is 0 Å². The van der Waals surface area contributed by atoms with E-state index in [9.17, 15) is 24.8 Å². The number of aliphatic hydroxyl groups is 1. The topological polar surface area (TPSA) is 306 Å². The zero-order valence-corrected chi connectivity index (χ0v) is 55.9. The van der Waals surface area contributed by atoms with E-state index in [1.807, 2.05) is 48.5 Å². The molecule has 0 amide bonds. The van der Waals surface area contributed by atoms with E-state index in [2.05, 4.69) is 80.5 Å². The highest BCUT2D eigenvalue weighted by Crippen LogP contribution is 2.62. The van der Waals surface area contributed by atoms with Gasteiger partial charge in [0, 0.05) is 57.8 Å². The lowest BCUT2D eigenvalue weighted by molar-refractivity contribution is -0.384. The number of aryl methyl sites for hydroxylation is 1. The number of nitrogens with two attached hydrogens (primary N) is 3. The van der Waals surface area contributed by atoms with Crippen LogP contribution in [0.5, 0.6) is 5.75 Å². The zero-order chi connectivity index (χ0) is 66.6. The first kappa shape index (κ1) is 75.6. The first-order valence-corrected chi connectivity index (χ1v) is 32.5. The normalized spacial score (nSPS) is 35.4. The second kappa shape index (κ2) is 31.1. The average Bonchev–Trinajstić information content (AvgIpc) is 1.54. The number of nitrogen functional groups attached to an aromatic ring is 2. The molecule has 7 N–H and O–H groups in total. The minimum absolute atomic E-state index is 0. The van der Waals surface area contributed by atoms with Gasteiger partial charge >= 0.3 is 12.1 Å². The average molecular weight is 1310 g/mol. The van der Waals surface area contributed by atoms with E-state index in [1.54, 1.807) is 21.3 Å². The molecular formula is C73H108N4O17. The molecule has 0 radical (unpaired) electrons. The highest BCUT2D eigenvalue weighted by Gasteiger charge is 2.75. The summed E-state index contributed by atoms with van der Waals surface area (Å²) in [4.78, 5) is 35.3. The van der Waals surface area contributed by atoms with Gasteiger partial charge in [-0.05, 0) is 174 Å². The number of nitrogens with zero attached hydrogens (tertiary/aromatic N) is 1. The van der Waals surface area contributed by atoms with Gasteiger partial charge in [-0.1, -0.05) is 74.1 Å². The molecule has 522 valence electrons. The van der Waals surface area contributed by atoms with Gasteiger partial charge < -0.3 is 79.1 Å². The SMILES string of the molecule is C.C.CO[C@@H]1[C@H](O)CC[C@]2(CO2)[C@H]1[C@]1(C)OC1CC=C(C)C.CO[C@@H]1[C@H](OC(=O)CCc2ccc(N)cc2)CC[C@]2(CO2)[C@H]1[C@]1(C)OC1CC=C(C)C.CO[C@@H]1[C@H](OC(=O)Oc2ccc([N+](=O)[O-])cc2)CC[C@]2(CO2)[C@H]1[C@]1(C)OC1CC=C(C)C.NCc1ccc(N)cc1. The van der Waals surface area contributed by atoms with Gasteiger partial charge in [0.25, 0.3) is 5.69 Å². The Morgan fingerprint density at radius 3 is 1.32 bits per heavy atom. The van der Waals surface area contributed by atoms with Crippen molar-refractivity contribution in [3.8, 4) is 5.75 Å². The summed E-state index contributed by atoms with van der Waals surface area (Å²) in [5, 5.41) is 21.0. The van der Waals surface area contributed by atoms with Gasteiger partial charge in [-0.25, -0.2) is 4.79 Å². The van der Waals surface area contributed by atoms with E-state index in [-0.39, 0.29) is 115 Å². The molecule has 3 aliphatic carbocycles. The number of carbonyl (C=O) groups is 2. The van der Waals surface area contributed by atoms with Crippen LogP contribution in [-0.4, -0.2) is 152 Å². The third kappa shape index (κ3) is 17.7. The monoisotopic (exact) mass is 1310 g/mol. The first-order chi connectivity index (χ1) is 43.7. The van der Waals surface area contributed by atoms with E-state index in [0.717, 1.165) is 87.1 Å². The number of hydrogen-bond donors (Lipinski definition) is 4. The number of ether oxygens (including phenoxy) is 12. The summed E-state index contributed by atoms with van der Waals surface area (Å²) in [6.45, 7) is 21.6. The standard InChI is InChI=1S/C25H35NO5.C23H29NO8.C16H26O4.C7H10N2.2CH4/c1-16(2)5-11-20-24(3,31-20)23-22(28-4)19(13-14-25(23)15-29-25)30-21(27)12-8-17-6-9-18(26)10-7-17;1-14(2)5-10-18-22(3,32-18)20-19(28-4)17(11-12-23(20)13-29-23)31-21(25)30-16-8-6-15(7-9-16)24(26)27;1-10(2)5-6-12-15(3,20-12)14-13(18-4)11(17)7-8-16(14)9-19-16;8-5-6-1-3-7(9)4-2-6;;/h5-7,9-10,19-20,22-23H,8,11-15,26H2,1-4H3;5-9,17-20H,10-13H2,1-4H3;5,11-14,17H,6-9H2,1-4H3;1-4H,5,8-9H2;2*1H4/t19-,20?,22-,23-,24-,25+;17-,18?,19-,20-,22-,23+;11-,12?,13-,14-,15-,16+;;;/m111.../s1. The van der Waals surface area contributed by atoms with Crippen molar-refractivity contribution in [1.82, 2.24) is 0 Å². The van der Waals surface area contributed by atoms with E-state index in [0.29, 0.717) is 32.4 Å². The summed E-state index contributed by atoms with van der Waals surface area (Å²) >= 11 is 0. The molecule has 12 rings (SSSR count). The van der Waals surface area contributed by atoms with Crippen molar-refractivity contribution in [2.24, 2.45) is 23.5 Å². The number of carbonyl (C=O) groups excluding carboxylic acids is 2. The van der Waals surface area contributed by atoms with Crippen LogP contribution in [0.15, 0.2) is 108 Å². The van der Waals surface area contributed by atoms with Crippen LogP contribution in [0.4, 0.5) is 21.9 Å². The van der Waals surface area contributed by atoms with Crippen LogP contribution < -0.4 is 21.9 Å². The minimum atomic E-state index is -0.875. The maximum absolute atomic E-state index is 12.6. The predicted octanol–water partition coefficient (Wildman–Crippen LogP) is 12.1. The molecule has 6 saturated heterocycles. The quantitative estimate of drug-likeness (QED) is 0.0155. The van der Waals surface area contributed by atoms with Gasteiger partial charge in [-0.3, -0.25) is 14.9 Å². The molecule has 3 aromatic carbocycles. The Morgan fingerprint density at radius 1 is 0.585 bits per heavy atom. The lowest BCUT2D eigenvalue weighted by Gasteiger charge is -2.42. The molecule has 6 heterocycles. The molecule has 0 bridgehead atoms. The molecular weight excluding hydrogens is 1200 g/mol. The molecule has 21 nitrogen and oxygen atoms in total. The predicted molar refractivity (Wildman–Crippen MR) is 360 cm³/mol. The van der Waals surface area contributed by atoms with Crippen molar-refractivity contribution in [3.63, 3.8) is 0 Å². The van der Waals surface area contributed by atoms with Crippen molar-refractivity contribution >= 4 is 29.2 Å². The minimum Gasteiger partial charge on any atom is -0.460 e. The number of methoxy groups -OCH3 is 3. The Kier molecular flexibility index (Phi) is 25.0. The van der Waals surface area contributed by atoms with E-state index >= 15 is 0 Å². The summed E-state index contributed by atoms with van der Waals surface area (Å²) in [6.07, 6.45) is 12.3. The fourth-order valence-corrected chi connectivity index (χ4v) is 14.8. The number of hydrogen-bond acceptors (Lipinski definition) is 20. The molecule has 6 aliphatic heterocycles. The number of epoxide rings is 6. The van der Waals surface area contributed by atoms with Crippen LogP contribution in [-0.2, 0) is 69.9 Å². The van der Waals surface area contributed by atoms with Gasteiger partial charge in [0.1, 0.15) is 58.2 Å². The summed E-state index contributed by atoms with van der Waals surface area (Å²) in [7, 11) is 4.98. The van der Waals surface area contributed by atoms with Gasteiger partial charge in [-0.2, -0.15) is 0 Å². The number of nitro groups is 1. The summed E-state index contributed by atoms with van der Waals surface area (Å²) < 4.78 is 70.2. The van der Waals surface area contributed by atoms with Crippen molar-refractivity contribution in [1.29, 1.82) is 0 Å². The zero-order valence-electron chi connectivity index (χ0n) is 55.9. The smallest absolute Gasteiger partial charge is 0.460 e. The van der Waals surface area contributed by atoms with E-state index in [1.165, 1.54) is 41.0 Å². The highest BCUT2D eigenvalue weighted by atomic mass is 16.7. The third-order valence-corrected chi connectivity index (χ3v) is 20.3. The molecule has 9 fully saturated rings. The van der Waals surface area contributed by atoms with E-state index < -0.39 is 35.0 Å². The van der Waals surface area contributed by atoms with Crippen molar-refractivity contribution in [2.45, 2.75) is 243 Å². The van der Waals surface area contributed by atoms with Crippen molar-refractivity contribution in [3.05, 3.63) is 129 Å². The summed E-state index contributed by atoms with van der Waals surface area (Å²) in [5.74, 6) is 0.0615. The van der Waals surface area contributed by atoms with Crippen LogP contribution in [0, 0.1) is 27.9 Å². The highest BCUT2D eigenvalue weighted by molar-refractivity contribution is 5.70. The largest absolute Gasteiger partial charge is 0.514 e. The number of benzene rings is 3. The molecule has 9 aliphatic rings. The molecule has 94 heavy (non-hydrogen) atoms. The number of anilines is 2. The number of aliphatic hydroxyl groups excluding tert-OH is 1. The fourth-order valence-electron chi connectivity index (χ4n) is 14.8. The first-order valence-electron chi connectivity index (χ1n) is 32.5. The Hall–Kier alpha value is -5.82. The van der Waals surface area contributed by atoms with Gasteiger partial charge in [0.05, 0.1) is 78.6 Å². The summed E-state index contributed by atoms with van der Waals surface area (Å²) in [5.41, 5.74) is 22.4. The lowest BCUT2D eigenvalue weighted by Crippen LogP contribution is -2.55. The second-order valence-electron chi connectivity index (χ2n) is 27.7. The lowest BCUT2D eigenvalue weighted by atomic mass is 9.68. The number of rotatable bonds is 20. The maximum Gasteiger partial charge on any atom is 0.514 e. The van der Waals surface area contributed by atoms with Gasteiger partial charge in [0.2, 0.25) is 0 Å². The maximum atomic E-state index is 12.6. The number of esters is 1. The molecule has 0 aromatic heterocycles. The Morgan fingerprint density at radius 2 is 0.957 bits per heavy atom. The van der Waals surface area contributed by atoms with Crippen molar-refractivity contribution < 1.29 is 76.5 Å². The molecule has 3 aromatic rings. The number of allylic oxidation sites excluding steroid dienone is 3. The third-order valence-electron chi connectivity index (χ3n) is 20.3. The number of non-ortho nitro benzene ring substituents is 1. The van der Waals surface area contributed by atoms with Crippen LogP contribution in [0.2, 0.25) is 0 Å². The Balaban J connectivity index is 0.000000188. The molecule has 18 atom stereocenters. The van der Waals surface area contributed by atoms with E-state index in [4.69, 9.17) is 74.0 Å². The fraction of sp³-hybridized carbons (Fsp3) is 0.644. The van der Waals surface area contributed by atoms with Gasteiger partial charge in [0.15, 0.2) is 0 Å². The molecule has 3 unspecified atom stereocenters. The van der Waals surface area contributed by atoms with Crippen LogP contribution in [0.1, 0.15) is 153 Å². The van der Waals surface area contributed by atoms with Crippen LogP contribution in [0.25, 0.3) is 0 Å². The van der Waals surface area contributed by atoms with Crippen LogP contribution in [0.3, 0.4) is 0 Å². The Labute approximate surface area is 557 Å². The number of nitro benzene ring substituents is 1.